The largest absolute Gasteiger partial charge is 0.309 e. The quantitative estimate of drug-likeness (QED) is 0.128. The zero-order valence-corrected chi connectivity index (χ0v) is 76.7. The van der Waals surface area contributed by atoms with Gasteiger partial charge in [0, 0.05) is 159 Å². The summed E-state index contributed by atoms with van der Waals surface area (Å²) in [5.41, 5.74) is 27.2. The minimum Gasteiger partial charge on any atom is -0.309 e. The summed E-state index contributed by atoms with van der Waals surface area (Å²) in [7, 11) is 0. The predicted octanol–water partition coefficient (Wildman–Crippen LogP) is 34.6. The first-order chi connectivity index (χ1) is 68.4. The SMILES string of the molecule is c1ccc(-c2nc(-c3cccc(-c4ccc5c(c4)c4ccccc4n5-c4ccccc4)c3)nc3ccc4sc5ccccc5c4c23)cc1.c1ccc(-c2nc(-c3cccc(-c4cccc5c4c4ccccc4n5-c4ccccc4)c3)nc3ccc4sc5ccccc5c4c23)cc1.c1ccc(-c2nc(-c3cccc(-n4c5ccccc5c5ccccc54)c3)nc3ccc4sc5ccccc5c4c23)cc1. The minimum atomic E-state index is 0.723. The van der Waals surface area contributed by atoms with E-state index in [1.54, 1.807) is 0 Å². The van der Waals surface area contributed by atoms with E-state index < -0.39 is 0 Å². The van der Waals surface area contributed by atoms with Gasteiger partial charge in [0.1, 0.15) is 0 Å². The number of rotatable bonds is 11. The fraction of sp³-hybridized carbons (Fsp3) is 0. The van der Waals surface area contributed by atoms with E-state index in [0.717, 1.165) is 134 Å². The average molecular weight is 1810 g/mol. The highest BCUT2D eigenvalue weighted by Crippen LogP contribution is 2.49. The maximum atomic E-state index is 5.36. The Kier molecular flexibility index (Phi) is 19.3. The van der Waals surface area contributed by atoms with Gasteiger partial charge in [-0.1, -0.05) is 322 Å². The zero-order valence-electron chi connectivity index (χ0n) is 74.2. The molecule has 9 nitrogen and oxygen atoms in total. The summed E-state index contributed by atoms with van der Waals surface area (Å²) >= 11 is 5.47. The minimum absolute atomic E-state index is 0.723. The molecule has 0 spiro atoms. The first kappa shape index (κ1) is 80.2. The van der Waals surface area contributed by atoms with E-state index in [2.05, 4.69) is 481 Å². The van der Waals surface area contributed by atoms with E-state index in [4.69, 9.17) is 29.9 Å². The topological polar surface area (TPSA) is 92.1 Å². The van der Waals surface area contributed by atoms with Crippen LogP contribution in [0.1, 0.15) is 0 Å². The number of aromatic nitrogens is 9. The van der Waals surface area contributed by atoms with Crippen LogP contribution in [0.3, 0.4) is 0 Å². The van der Waals surface area contributed by atoms with E-state index in [-0.39, 0.29) is 0 Å². The molecule has 0 aliphatic carbocycles. The molecule has 9 aromatic heterocycles. The van der Waals surface area contributed by atoms with Gasteiger partial charge in [-0.05, 0) is 168 Å². The van der Waals surface area contributed by atoms with Crippen molar-refractivity contribution in [1.29, 1.82) is 0 Å². The highest BCUT2D eigenvalue weighted by Gasteiger charge is 2.26. The molecule has 9 heterocycles. The Bertz CT molecular complexity index is 9880. The smallest absolute Gasteiger partial charge is 0.160 e. The van der Waals surface area contributed by atoms with E-state index in [9.17, 15) is 0 Å². The monoisotopic (exact) mass is 1810 g/mol. The number of hydrogen-bond acceptors (Lipinski definition) is 9. The van der Waals surface area contributed by atoms with Crippen molar-refractivity contribution in [3.8, 4) is 107 Å². The summed E-state index contributed by atoms with van der Waals surface area (Å²) in [6, 6.07) is 166. The molecule has 138 heavy (non-hydrogen) atoms. The van der Waals surface area contributed by atoms with Crippen LogP contribution in [-0.2, 0) is 0 Å². The molecule has 0 fully saturated rings. The van der Waals surface area contributed by atoms with Crippen molar-refractivity contribution in [2.45, 2.75) is 0 Å². The average Bonchev–Trinajstić information content (AvgIpc) is 1.53. The lowest BCUT2D eigenvalue weighted by Crippen LogP contribution is -1.98. The Morgan fingerprint density at radius 3 is 0.899 bits per heavy atom. The van der Waals surface area contributed by atoms with Crippen LogP contribution in [0.2, 0.25) is 0 Å². The summed E-state index contributed by atoms with van der Waals surface area (Å²) < 4.78 is 14.7. The van der Waals surface area contributed by atoms with Crippen LogP contribution in [0.4, 0.5) is 0 Å². The van der Waals surface area contributed by atoms with Gasteiger partial charge < -0.3 is 13.7 Å². The Balaban J connectivity index is 0.000000105. The van der Waals surface area contributed by atoms with E-state index in [0.29, 0.717) is 0 Å². The van der Waals surface area contributed by atoms with Crippen molar-refractivity contribution in [2.75, 3.05) is 0 Å². The number of para-hydroxylation sites is 6. The molecule has 0 aliphatic heterocycles. The lowest BCUT2D eigenvalue weighted by Gasteiger charge is -2.13. The standard InChI is InChI=1S/2C44H27N3S.C38H23N3S/c1-3-13-28(14-4-1)43-42-35(25-26-39-41(42)34-20-8-10-24-38(34)48-39)45-44(46-43)30-16-11-15-29(27-30)32-21-12-23-37-40(32)33-19-7-9-22-36(33)47(37)31-17-5-2-6-18-31;1-3-12-28(13-4-1)43-42-36(23-25-40-41(42)34-19-8-10-21-39(34)48-40)45-44(46-43)31-15-11-14-29(26-31)30-22-24-38-35(27-30)33-18-7-9-20-37(33)47(38)32-16-5-2-6-17-32;1-2-11-24(12-3-1)37-36-30(21-22-34-35(36)29-17-6-9-20-33(29)42-34)39-38(40-37)25-13-10-14-26(23-25)41-31-18-7-4-15-27(31)28-16-5-8-19-32(28)41/h2*1-27H;1-23H. The second-order valence-electron chi connectivity index (χ2n) is 35.0. The fourth-order valence-corrected chi connectivity index (χ4v) is 24.2. The summed E-state index contributed by atoms with van der Waals surface area (Å²) in [4.78, 5) is 31.7. The molecule has 0 radical (unpaired) electrons. The van der Waals surface area contributed by atoms with E-state index >= 15 is 0 Å². The zero-order chi connectivity index (χ0) is 90.8. The molecule has 0 aliphatic rings. The Labute approximate surface area is 804 Å². The molecule has 12 heteroatoms. The van der Waals surface area contributed by atoms with Crippen molar-refractivity contribution in [3.05, 3.63) is 467 Å². The molecule has 29 aromatic rings. The van der Waals surface area contributed by atoms with Gasteiger partial charge in [0.05, 0.1) is 66.7 Å². The van der Waals surface area contributed by atoms with Crippen molar-refractivity contribution < 1.29 is 0 Å². The number of hydrogen-bond donors (Lipinski definition) is 0. The normalized spacial score (nSPS) is 11.8. The maximum Gasteiger partial charge on any atom is 0.160 e. The van der Waals surface area contributed by atoms with Crippen LogP contribution in [0, 0.1) is 0 Å². The summed E-state index contributed by atoms with van der Waals surface area (Å²) in [5.74, 6) is 2.17. The lowest BCUT2D eigenvalue weighted by atomic mass is 9.97. The number of fused-ring (bicyclic) bond motifs is 24. The Morgan fingerprint density at radius 1 is 0.152 bits per heavy atom. The second kappa shape index (κ2) is 33.3. The van der Waals surface area contributed by atoms with E-state index in [1.165, 1.54) is 131 Å². The molecule has 0 atom stereocenters. The maximum absolute atomic E-state index is 5.36. The molecule has 644 valence electrons. The van der Waals surface area contributed by atoms with Gasteiger partial charge >= 0.3 is 0 Å². The van der Waals surface area contributed by atoms with Crippen LogP contribution in [0.15, 0.2) is 467 Å². The summed E-state index contributed by atoms with van der Waals surface area (Å²) in [5, 5.41) is 18.2. The van der Waals surface area contributed by atoms with Crippen molar-refractivity contribution in [1.82, 2.24) is 43.6 Å². The molecule has 0 unspecified atom stereocenters. The predicted molar refractivity (Wildman–Crippen MR) is 584 cm³/mol. The molecular formula is C126H77N9S3. The molecule has 0 amide bonds. The number of nitrogens with zero attached hydrogens (tertiary/aromatic N) is 9. The summed E-state index contributed by atoms with van der Waals surface area (Å²) in [6.07, 6.45) is 0. The van der Waals surface area contributed by atoms with Crippen LogP contribution < -0.4 is 0 Å². The highest BCUT2D eigenvalue weighted by molar-refractivity contribution is 7.27. The Hall–Kier alpha value is -17.5. The molecule has 0 saturated heterocycles. The number of thiophene rings is 3. The molecule has 0 bridgehead atoms. The molecule has 0 saturated carbocycles. The van der Waals surface area contributed by atoms with Crippen molar-refractivity contribution in [3.63, 3.8) is 0 Å². The van der Waals surface area contributed by atoms with Gasteiger partial charge in [0.2, 0.25) is 0 Å². The molecular weight excluding hydrogens is 1740 g/mol. The fourth-order valence-electron chi connectivity index (χ4n) is 20.9. The van der Waals surface area contributed by atoms with E-state index in [1.807, 2.05) is 34.0 Å². The Morgan fingerprint density at radius 2 is 0.449 bits per heavy atom. The summed E-state index contributed by atoms with van der Waals surface area (Å²) in [6.45, 7) is 0. The van der Waals surface area contributed by atoms with Crippen molar-refractivity contribution >= 4 is 193 Å². The van der Waals surface area contributed by atoms with Gasteiger partial charge in [0.25, 0.3) is 0 Å². The molecule has 0 N–H and O–H groups in total. The first-order valence-electron chi connectivity index (χ1n) is 46.4. The highest BCUT2D eigenvalue weighted by atomic mass is 32.1. The van der Waals surface area contributed by atoms with Gasteiger partial charge in [-0.3, -0.25) is 0 Å². The van der Waals surface area contributed by atoms with Crippen LogP contribution in [0.25, 0.3) is 266 Å². The molecule has 20 aromatic carbocycles. The van der Waals surface area contributed by atoms with Gasteiger partial charge in [-0.2, -0.15) is 0 Å². The first-order valence-corrected chi connectivity index (χ1v) is 48.9. The van der Waals surface area contributed by atoms with Crippen LogP contribution in [-0.4, -0.2) is 43.6 Å². The van der Waals surface area contributed by atoms with Gasteiger partial charge in [0.15, 0.2) is 17.5 Å². The second-order valence-corrected chi connectivity index (χ2v) is 38.2. The van der Waals surface area contributed by atoms with Gasteiger partial charge in [-0.15, -0.1) is 34.0 Å². The lowest BCUT2D eigenvalue weighted by molar-refractivity contribution is 1.17. The molecule has 29 rings (SSSR count). The van der Waals surface area contributed by atoms with Crippen LogP contribution in [0.5, 0.6) is 0 Å². The van der Waals surface area contributed by atoms with Gasteiger partial charge in [-0.25, -0.2) is 29.9 Å². The van der Waals surface area contributed by atoms with Crippen LogP contribution >= 0.6 is 34.0 Å². The third-order valence-electron chi connectivity index (χ3n) is 27.0. The number of benzene rings is 20. The third kappa shape index (κ3) is 13.5. The van der Waals surface area contributed by atoms with Crippen molar-refractivity contribution in [2.24, 2.45) is 0 Å². The third-order valence-corrected chi connectivity index (χ3v) is 30.4.